The Balaban J connectivity index is 1.45. The molecule has 0 unspecified atom stereocenters. The molecule has 0 spiro atoms. The van der Waals surface area contributed by atoms with E-state index in [0.717, 1.165) is 59.5 Å². The average Bonchev–Trinajstić information content (AvgIpc) is 2.94. The van der Waals surface area contributed by atoms with Crippen molar-refractivity contribution in [3.8, 4) is 0 Å². The van der Waals surface area contributed by atoms with Crippen molar-refractivity contribution in [3.05, 3.63) is 58.1 Å². The van der Waals surface area contributed by atoms with E-state index in [1.165, 1.54) is 16.7 Å². The molecule has 0 radical (unpaired) electrons. The van der Waals surface area contributed by atoms with Gasteiger partial charge in [-0.25, -0.2) is 4.98 Å². The lowest BCUT2D eigenvalue weighted by atomic mass is 10.1. The molecule has 0 amide bonds. The number of alkyl halides is 1. The van der Waals surface area contributed by atoms with Crippen molar-refractivity contribution in [1.82, 2.24) is 9.88 Å². The van der Waals surface area contributed by atoms with Crippen LogP contribution in [0.3, 0.4) is 0 Å². The first-order valence-corrected chi connectivity index (χ1v) is 11.0. The molecule has 0 aliphatic carbocycles. The van der Waals surface area contributed by atoms with Crippen LogP contribution in [-0.2, 0) is 12.4 Å². The van der Waals surface area contributed by atoms with Gasteiger partial charge in [-0.1, -0.05) is 41.1 Å². The van der Waals surface area contributed by atoms with Gasteiger partial charge in [-0.15, -0.1) is 11.6 Å². The number of aryl methyl sites for hydroxylation is 1. The third-order valence-electron chi connectivity index (χ3n) is 5.16. The predicted octanol–water partition coefficient (Wildman–Crippen LogP) is 5.71. The standard InChI is InChI=1S/C21H23Cl2N3S/c1-15-3-4-16(13-22)11-17(15)14-25-7-2-8-26(10-9-25)21-24-19-6-5-18(23)12-20(19)27-21/h3-6,11-12H,2,7-10,13-14H2,1H3. The van der Waals surface area contributed by atoms with Gasteiger partial charge in [0.1, 0.15) is 0 Å². The highest BCUT2D eigenvalue weighted by Crippen LogP contribution is 2.31. The van der Waals surface area contributed by atoms with Gasteiger partial charge in [0, 0.05) is 43.6 Å². The van der Waals surface area contributed by atoms with Gasteiger partial charge in [0.05, 0.1) is 10.2 Å². The van der Waals surface area contributed by atoms with Gasteiger partial charge in [-0.3, -0.25) is 4.90 Å². The number of benzene rings is 2. The van der Waals surface area contributed by atoms with Crippen LogP contribution < -0.4 is 4.90 Å². The molecule has 1 aliphatic heterocycles. The summed E-state index contributed by atoms with van der Waals surface area (Å²) in [7, 11) is 0. The zero-order valence-corrected chi connectivity index (χ0v) is 17.7. The van der Waals surface area contributed by atoms with Crippen molar-refractivity contribution in [2.45, 2.75) is 25.8 Å². The fraction of sp³-hybridized carbons (Fsp3) is 0.381. The topological polar surface area (TPSA) is 19.4 Å². The summed E-state index contributed by atoms with van der Waals surface area (Å²) in [6, 6.07) is 12.5. The maximum absolute atomic E-state index is 6.12. The summed E-state index contributed by atoms with van der Waals surface area (Å²) in [5.74, 6) is 0.572. The summed E-state index contributed by atoms with van der Waals surface area (Å²) in [5, 5.41) is 1.88. The summed E-state index contributed by atoms with van der Waals surface area (Å²) in [5.41, 5.74) is 4.96. The maximum Gasteiger partial charge on any atom is 0.186 e. The summed E-state index contributed by atoms with van der Waals surface area (Å²) >= 11 is 13.9. The molecule has 6 heteroatoms. The van der Waals surface area contributed by atoms with E-state index in [4.69, 9.17) is 28.2 Å². The zero-order chi connectivity index (χ0) is 18.8. The Morgan fingerprint density at radius 1 is 1.07 bits per heavy atom. The molecular weight excluding hydrogens is 397 g/mol. The van der Waals surface area contributed by atoms with Crippen LogP contribution >= 0.6 is 34.5 Å². The van der Waals surface area contributed by atoms with Gasteiger partial charge in [0.25, 0.3) is 0 Å². The summed E-state index contributed by atoms with van der Waals surface area (Å²) < 4.78 is 1.16. The monoisotopic (exact) mass is 419 g/mol. The number of thiazole rings is 1. The van der Waals surface area contributed by atoms with Crippen LogP contribution in [0.1, 0.15) is 23.1 Å². The first-order valence-electron chi connectivity index (χ1n) is 9.30. The minimum absolute atomic E-state index is 0.572. The summed E-state index contributed by atoms with van der Waals surface area (Å²) in [6.45, 7) is 7.37. The largest absolute Gasteiger partial charge is 0.347 e. The number of anilines is 1. The molecular formula is C21H23Cl2N3S. The molecule has 3 aromatic rings. The Morgan fingerprint density at radius 3 is 2.81 bits per heavy atom. The minimum Gasteiger partial charge on any atom is -0.347 e. The summed E-state index contributed by atoms with van der Waals surface area (Å²) in [4.78, 5) is 9.78. The number of hydrogen-bond acceptors (Lipinski definition) is 4. The maximum atomic E-state index is 6.12. The van der Waals surface area contributed by atoms with Gasteiger partial charge >= 0.3 is 0 Å². The third kappa shape index (κ3) is 4.40. The van der Waals surface area contributed by atoms with Crippen LogP contribution in [0.25, 0.3) is 10.2 Å². The van der Waals surface area contributed by atoms with E-state index in [2.05, 4.69) is 34.9 Å². The van der Waals surface area contributed by atoms with Crippen LogP contribution in [0.2, 0.25) is 5.02 Å². The van der Waals surface area contributed by atoms with Gasteiger partial charge in [0.2, 0.25) is 0 Å². The second-order valence-electron chi connectivity index (χ2n) is 7.12. The van der Waals surface area contributed by atoms with Crippen molar-refractivity contribution in [1.29, 1.82) is 0 Å². The Bertz CT molecular complexity index is 940. The van der Waals surface area contributed by atoms with Crippen LogP contribution in [0.4, 0.5) is 5.13 Å². The molecule has 2 aromatic carbocycles. The van der Waals surface area contributed by atoms with E-state index in [1.54, 1.807) is 11.3 Å². The van der Waals surface area contributed by atoms with Crippen molar-refractivity contribution in [2.75, 3.05) is 31.1 Å². The number of halogens is 2. The SMILES string of the molecule is Cc1ccc(CCl)cc1CN1CCCN(c2nc3ccc(Cl)cc3s2)CC1. The first kappa shape index (κ1) is 19.0. The predicted molar refractivity (Wildman–Crippen MR) is 117 cm³/mol. The molecule has 142 valence electrons. The van der Waals surface area contributed by atoms with E-state index in [9.17, 15) is 0 Å². The molecule has 1 saturated heterocycles. The Hall–Kier alpha value is -1.33. The zero-order valence-electron chi connectivity index (χ0n) is 15.4. The van der Waals surface area contributed by atoms with Crippen molar-refractivity contribution >= 4 is 49.9 Å². The van der Waals surface area contributed by atoms with Crippen LogP contribution in [-0.4, -0.2) is 36.1 Å². The lowest BCUT2D eigenvalue weighted by Gasteiger charge is -2.22. The van der Waals surface area contributed by atoms with Gasteiger partial charge in [-0.05, 0) is 48.2 Å². The molecule has 3 nitrogen and oxygen atoms in total. The van der Waals surface area contributed by atoms with E-state index in [-0.39, 0.29) is 0 Å². The molecule has 4 rings (SSSR count). The summed E-state index contributed by atoms with van der Waals surface area (Å²) in [6.07, 6.45) is 1.14. The molecule has 1 aliphatic rings. The first-order chi connectivity index (χ1) is 13.1. The third-order valence-corrected chi connectivity index (χ3v) is 6.78. The van der Waals surface area contributed by atoms with Crippen LogP contribution in [0.5, 0.6) is 0 Å². The van der Waals surface area contributed by atoms with Crippen LogP contribution in [0.15, 0.2) is 36.4 Å². The average molecular weight is 420 g/mol. The van der Waals surface area contributed by atoms with E-state index >= 15 is 0 Å². The molecule has 27 heavy (non-hydrogen) atoms. The van der Waals surface area contributed by atoms with E-state index in [0.29, 0.717) is 5.88 Å². The quantitative estimate of drug-likeness (QED) is 0.504. The lowest BCUT2D eigenvalue weighted by Crippen LogP contribution is -2.30. The van der Waals surface area contributed by atoms with E-state index < -0.39 is 0 Å². The Labute approximate surface area is 174 Å². The number of nitrogens with zero attached hydrogens (tertiary/aromatic N) is 3. The molecule has 1 aromatic heterocycles. The molecule has 2 heterocycles. The second-order valence-corrected chi connectivity index (χ2v) is 8.83. The smallest absolute Gasteiger partial charge is 0.186 e. The minimum atomic E-state index is 0.572. The molecule has 1 fully saturated rings. The highest BCUT2D eigenvalue weighted by atomic mass is 35.5. The fourth-order valence-electron chi connectivity index (χ4n) is 3.56. The molecule has 0 saturated carbocycles. The van der Waals surface area contributed by atoms with Gasteiger partial charge in [0.15, 0.2) is 5.13 Å². The van der Waals surface area contributed by atoms with Gasteiger partial charge < -0.3 is 4.90 Å². The molecule has 0 N–H and O–H groups in total. The van der Waals surface area contributed by atoms with Crippen molar-refractivity contribution < 1.29 is 0 Å². The molecule has 0 atom stereocenters. The number of hydrogen-bond donors (Lipinski definition) is 0. The van der Waals surface area contributed by atoms with Crippen molar-refractivity contribution in [3.63, 3.8) is 0 Å². The van der Waals surface area contributed by atoms with Crippen molar-refractivity contribution in [2.24, 2.45) is 0 Å². The lowest BCUT2D eigenvalue weighted by molar-refractivity contribution is 0.285. The number of aromatic nitrogens is 1. The van der Waals surface area contributed by atoms with Gasteiger partial charge in [-0.2, -0.15) is 0 Å². The highest BCUT2D eigenvalue weighted by Gasteiger charge is 2.18. The molecule has 0 bridgehead atoms. The fourth-order valence-corrected chi connectivity index (χ4v) is 5.02. The van der Waals surface area contributed by atoms with Crippen LogP contribution in [0, 0.1) is 6.92 Å². The Morgan fingerprint density at radius 2 is 1.96 bits per heavy atom. The van der Waals surface area contributed by atoms with E-state index in [1.807, 2.05) is 18.2 Å². The normalized spacial score (nSPS) is 16.0. The second kappa shape index (κ2) is 8.36. The number of fused-ring (bicyclic) bond motifs is 1. The highest BCUT2D eigenvalue weighted by molar-refractivity contribution is 7.22. The Kier molecular flexibility index (Phi) is 5.88. The number of rotatable bonds is 4.